The maximum Gasteiger partial charge on any atom is 0.179 e. The Kier molecular flexibility index (Phi) is 6.39. The van der Waals surface area contributed by atoms with E-state index in [1.54, 1.807) is 12.1 Å². The van der Waals surface area contributed by atoms with Gasteiger partial charge in [-0.2, -0.15) is 5.10 Å². The average molecular weight is 575 g/mol. The lowest BCUT2D eigenvalue weighted by Crippen LogP contribution is -2.46. The van der Waals surface area contributed by atoms with Gasteiger partial charge in [-0.25, -0.2) is 19.1 Å². The number of para-hydroxylation sites is 3. The Bertz CT molecular complexity index is 1870. The molecule has 2 aliphatic rings. The van der Waals surface area contributed by atoms with Crippen molar-refractivity contribution in [2.75, 3.05) is 10.2 Å². The molecule has 0 amide bonds. The fraction of sp³-hybridized carbons (Fsp3) is 0.147. The van der Waals surface area contributed by atoms with Crippen LogP contribution < -0.4 is 10.2 Å². The van der Waals surface area contributed by atoms with E-state index in [0.29, 0.717) is 23.3 Å². The molecule has 0 saturated carbocycles. The van der Waals surface area contributed by atoms with E-state index < -0.39 is 5.82 Å². The van der Waals surface area contributed by atoms with Crippen LogP contribution in [0, 0.1) is 12.7 Å². The predicted octanol–water partition coefficient (Wildman–Crippen LogP) is 8.89. The summed E-state index contributed by atoms with van der Waals surface area (Å²) in [5, 5.41) is 8.40. The summed E-state index contributed by atoms with van der Waals surface area (Å²) in [4.78, 5) is 12.5. The third kappa shape index (κ3) is 4.37. The number of nitrogens with zero attached hydrogens (tertiary/aromatic N) is 5. The summed E-state index contributed by atoms with van der Waals surface area (Å²) >= 11 is 6.14. The number of aromatic nitrogens is 2. The van der Waals surface area contributed by atoms with Crippen molar-refractivity contribution in [3.05, 3.63) is 130 Å². The molecule has 0 radical (unpaired) electrons. The number of halogens is 2. The first kappa shape index (κ1) is 26.2. The summed E-state index contributed by atoms with van der Waals surface area (Å²) in [6.45, 7) is 6.44. The number of amidine groups is 2. The zero-order valence-electron chi connectivity index (χ0n) is 23.4. The summed E-state index contributed by atoms with van der Waals surface area (Å²) in [7, 11) is 0. The van der Waals surface area contributed by atoms with Crippen LogP contribution in [0.3, 0.4) is 0 Å². The van der Waals surface area contributed by atoms with Crippen molar-refractivity contribution in [1.29, 1.82) is 0 Å². The van der Waals surface area contributed by atoms with Gasteiger partial charge in [0, 0.05) is 11.3 Å². The quantitative estimate of drug-likeness (QED) is 0.233. The second kappa shape index (κ2) is 10.3. The number of hydrogen-bond acceptors (Lipinski definition) is 5. The van der Waals surface area contributed by atoms with Crippen LogP contribution in [0.25, 0.3) is 5.69 Å². The Hall–Kier alpha value is -4.75. The van der Waals surface area contributed by atoms with Gasteiger partial charge in [-0.3, -0.25) is 0 Å². The van der Waals surface area contributed by atoms with Crippen molar-refractivity contribution in [3.8, 4) is 5.69 Å². The van der Waals surface area contributed by atoms with E-state index in [9.17, 15) is 4.39 Å². The third-order valence-electron chi connectivity index (χ3n) is 7.74. The summed E-state index contributed by atoms with van der Waals surface area (Å²) in [5.74, 6) is 1.85. The van der Waals surface area contributed by atoms with Crippen LogP contribution in [-0.4, -0.2) is 21.5 Å². The van der Waals surface area contributed by atoms with E-state index >= 15 is 0 Å². The molecule has 2 aliphatic heterocycles. The zero-order chi connectivity index (χ0) is 29.0. The summed E-state index contributed by atoms with van der Waals surface area (Å²) in [6.07, 6.45) is 0. The van der Waals surface area contributed by atoms with Crippen molar-refractivity contribution >= 4 is 46.2 Å². The first-order valence-electron chi connectivity index (χ1n) is 13.9. The average Bonchev–Trinajstić information content (AvgIpc) is 3.34. The summed E-state index contributed by atoms with van der Waals surface area (Å²) < 4.78 is 15.9. The van der Waals surface area contributed by atoms with Crippen molar-refractivity contribution in [3.63, 3.8) is 0 Å². The van der Waals surface area contributed by atoms with Crippen molar-refractivity contribution in [1.82, 2.24) is 9.78 Å². The molecule has 7 rings (SSSR count). The molecule has 0 fully saturated rings. The number of anilines is 2. The van der Waals surface area contributed by atoms with E-state index in [0.717, 1.165) is 39.7 Å². The van der Waals surface area contributed by atoms with Gasteiger partial charge in [0.2, 0.25) is 0 Å². The topological polar surface area (TPSA) is 57.8 Å². The Labute approximate surface area is 248 Å². The molecule has 0 unspecified atom stereocenters. The van der Waals surface area contributed by atoms with Crippen molar-refractivity contribution < 1.29 is 4.39 Å². The minimum Gasteiger partial charge on any atom is -0.337 e. The lowest BCUT2D eigenvalue weighted by Gasteiger charge is -2.40. The number of aliphatic imine (C=N–C) groups is 2. The van der Waals surface area contributed by atoms with Crippen LogP contribution >= 0.6 is 11.6 Å². The van der Waals surface area contributed by atoms with E-state index in [2.05, 4.69) is 54.4 Å². The normalized spacial score (nSPS) is 15.5. The number of aryl methyl sites for hydroxylation is 1. The van der Waals surface area contributed by atoms with E-state index in [4.69, 9.17) is 26.7 Å². The minimum absolute atomic E-state index is 0.0300. The van der Waals surface area contributed by atoms with Crippen LogP contribution in [0.1, 0.15) is 48.2 Å². The van der Waals surface area contributed by atoms with Crippen molar-refractivity contribution in [2.24, 2.45) is 9.98 Å². The van der Waals surface area contributed by atoms with Crippen LogP contribution in [0.2, 0.25) is 5.02 Å². The zero-order valence-corrected chi connectivity index (χ0v) is 24.1. The monoisotopic (exact) mass is 574 g/mol. The van der Waals surface area contributed by atoms with Crippen LogP contribution in [0.5, 0.6) is 0 Å². The van der Waals surface area contributed by atoms with Gasteiger partial charge in [0.15, 0.2) is 17.5 Å². The molecular weight excluding hydrogens is 547 g/mol. The van der Waals surface area contributed by atoms with Gasteiger partial charge in [-0.15, -0.1) is 0 Å². The van der Waals surface area contributed by atoms with Gasteiger partial charge in [-0.05, 0) is 66.4 Å². The first-order chi connectivity index (χ1) is 20.4. The van der Waals surface area contributed by atoms with E-state index in [1.807, 2.05) is 60.1 Å². The number of rotatable bonds is 4. The highest BCUT2D eigenvalue weighted by Gasteiger charge is 2.41. The number of benzene rings is 4. The standard InChI is InChI=1S/C34H28ClFN6/c1-20(2)22-13-15-23(16-14-22)31-30-21(3)40-42(25-9-5-4-6-10-25)33(30)39-34-32(37-24-17-18-27(36)26(35)19-24)38-28-11-7-8-12-29(28)41(31)34/h4-20,31H,1-3H3,(H,37,38)/t31-/m1/s1. The number of nitrogens with one attached hydrogen (secondary N) is 1. The molecule has 1 aromatic heterocycles. The molecule has 0 saturated heterocycles. The van der Waals surface area contributed by atoms with Crippen molar-refractivity contribution in [2.45, 2.75) is 32.7 Å². The molecule has 0 aliphatic carbocycles. The molecule has 1 N–H and O–H groups in total. The second-order valence-electron chi connectivity index (χ2n) is 10.8. The Morgan fingerprint density at radius 3 is 2.36 bits per heavy atom. The van der Waals surface area contributed by atoms with Gasteiger partial charge in [0.1, 0.15) is 5.82 Å². The van der Waals surface area contributed by atoms with Gasteiger partial charge >= 0.3 is 0 Å². The SMILES string of the molecule is Cc1nn(-c2ccccc2)c2c1[C@@H](c1ccc(C(C)C)cc1)N1C(=N2)C(Nc2ccc(F)c(Cl)c2)=Nc2ccccc21. The fourth-order valence-corrected chi connectivity index (χ4v) is 5.82. The summed E-state index contributed by atoms with van der Waals surface area (Å²) in [6, 6.07) is 31.2. The highest BCUT2D eigenvalue weighted by molar-refractivity contribution is 6.51. The molecule has 8 heteroatoms. The molecule has 5 aromatic rings. The highest BCUT2D eigenvalue weighted by Crippen LogP contribution is 2.48. The molecular formula is C34H28ClFN6. The molecule has 0 spiro atoms. The minimum atomic E-state index is -0.480. The smallest absolute Gasteiger partial charge is 0.179 e. The maximum atomic E-state index is 14.0. The molecule has 4 aromatic carbocycles. The Morgan fingerprint density at radius 2 is 1.62 bits per heavy atom. The molecule has 42 heavy (non-hydrogen) atoms. The third-order valence-corrected chi connectivity index (χ3v) is 8.03. The lowest BCUT2D eigenvalue weighted by atomic mass is 9.91. The Morgan fingerprint density at radius 1 is 0.881 bits per heavy atom. The molecule has 0 bridgehead atoms. The molecule has 6 nitrogen and oxygen atoms in total. The number of fused-ring (bicyclic) bond motifs is 4. The van der Waals surface area contributed by atoms with E-state index in [1.165, 1.54) is 11.6 Å². The second-order valence-corrected chi connectivity index (χ2v) is 11.2. The van der Waals surface area contributed by atoms with E-state index in [-0.39, 0.29) is 11.1 Å². The van der Waals surface area contributed by atoms with Crippen LogP contribution in [0.4, 0.5) is 27.3 Å². The lowest BCUT2D eigenvalue weighted by molar-refractivity contribution is 0.628. The van der Waals surface area contributed by atoms with Gasteiger partial charge in [0.25, 0.3) is 0 Å². The molecule has 208 valence electrons. The molecule has 3 heterocycles. The number of hydrogen-bond donors (Lipinski definition) is 1. The molecule has 1 atom stereocenters. The summed E-state index contributed by atoms with van der Waals surface area (Å²) in [5.41, 5.74) is 7.58. The maximum absolute atomic E-state index is 14.0. The fourth-order valence-electron chi connectivity index (χ4n) is 5.64. The highest BCUT2D eigenvalue weighted by atomic mass is 35.5. The Balaban J connectivity index is 1.47. The van der Waals surface area contributed by atoms with Crippen LogP contribution in [-0.2, 0) is 0 Å². The van der Waals surface area contributed by atoms with Gasteiger partial charge in [0.05, 0.1) is 33.8 Å². The first-order valence-corrected chi connectivity index (χ1v) is 14.3. The largest absolute Gasteiger partial charge is 0.337 e. The van der Waals surface area contributed by atoms with Gasteiger partial charge in [-0.1, -0.05) is 80.0 Å². The van der Waals surface area contributed by atoms with Crippen LogP contribution in [0.15, 0.2) is 107 Å². The predicted molar refractivity (Wildman–Crippen MR) is 169 cm³/mol. The van der Waals surface area contributed by atoms with Gasteiger partial charge < -0.3 is 10.2 Å².